The summed E-state index contributed by atoms with van der Waals surface area (Å²) < 4.78 is 0. The van der Waals surface area contributed by atoms with Gasteiger partial charge in [0.05, 0.1) is 0 Å². The minimum absolute atomic E-state index is 0.595. The lowest BCUT2D eigenvalue weighted by molar-refractivity contribution is 0.811. The van der Waals surface area contributed by atoms with Crippen molar-refractivity contribution in [2.45, 2.75) is 91.4 Å². The highest BCUT2D eigenvalue weighted by molar-refractivity contribution is 7.36. The Bertz CT molecular complexity index is 622. The summed E-state index contributed by atoms with van der Waals surface area (Å²) in [5.74, 6) is 2.38. The second-order valence-corrected chi connectivity index (χ2v) is 10.3. The van der Waals surface area contributed by atoms with Crippen LogP contribution in [0, 0.1) is 0 Å². The van der Waals surface area contributed by atoms with E-state index in [1.54, 1.807) is 33.4 Å². The zero-order valence-corrected chi connectivity index (χ0v) is 19.7. The van der Waals surface area contributed by atoms with Crippen molar-refractivity contribution in [3.8, 4) is 0 Å². The Balaban J connectivity index is 2.30. The van der Waals surface area contributed by atoms with Crippen LogP contribution in [0.5, 0.6) is 0 Å². The first-order valence-electron chi connectivity index (χ1n) is 10.7. The lowest BCUT2D eigenvalue weighted by atomic mass is 9.89. The van der Waals surface area contributed by atoms with Crippen molar-refractivity contribution in [2.24, 2.45) is 0 Å². The van der Waals surface area contributed by atoms with Gasteiger partial charge < -0.3 is 0 Å². The first-order valence-corrected chi connectivity index (χ1v) is 12.1. The standard InChI is InChI=1S/C26H39P/c1-17(2)21-11-9-12-22(18(3)4)25(21)15-27-16-26-23(19(5)6)13-10-14-24(26)20(7)8/h9-14,17-20,27H,15-16H2,1-8H3. The second-order valence-electron chi connectivity index (χ2n) is 9.05. The summed E-state index contributed by atoms with van der Waals surface area (Å²) in [4.78, 5) is 0. The van der Waals surface area contributed by atoms with Crippen molar-refractivity contribution < 1.29 is 0 Å². The van der Waals surface area contributed by atoms with Gasteiger partial charge in [-0.25, -0.2) is 0 Å². The molecule has 0 radical (unpaired) electrons. The molecule has 0 atom stereocenters. The minimum Gasteiger partial charge on any atom is -0.113 e. The fourth-order valence-electron chi connectivity index (χ4n) is 4.13. The van der Waals surface area contributed by atoms with Gasteiger partial charge >= 0.3 is 0 Å². The smallest absolute Gasteiger partial charge is 0.00920 e. The molecule has 0 bridgehead atoms. The molecule has 2 aromatic rings. The summed E-state index contributed by atoms with van der Waals surface area (Å²) in [6, 6.07) is 13.9. The Labute approximate surface area is 170 Å². The molecule has 1 heteroatoms. The number of rotatable bonds is 8. The van der Waals surface area contributed by atoms with E-state index in [9.17, 15) is 0 Å². The molecule has 0 heterocycles. The molecule has 2 rings (SSSR count). The van der Waals surface area contributed by atoms with E-state index in [0.717, 1.165) is 8.58 Å². The van der Waals surface area contributed by atoms with E-state index in [0.29, 0.717) is 23.7 Å². The Morgan fingerprint density at radius 1 is 0.519 bits per heavy atom. The summed E-state index contributed by atoms with van der Waals surface area (Å²) in [6.07, 6.45) is 2.43. The van der Waals surface area contributed by atoms with Crippen molar-refractivity contribution in [3.05, 3.63) is 69.8 Å². The van der Waals surface area contributed by atoms with Crippen LogP contribution in [-0.4, -0.2) is 0 Å². The van der Waals surface area contributed by atoms with Crippen LogP contribution in [0.2, 0.25) is 0 Å². The average molecular weight is 383 g/mol. The van der Waals surface area contributed by atoms with Gasteiger partial charge in [0, 0.05) is 0 Å². The lowest BCUT2D eigenvalue weighted by Crippen LogP contribution is -2.04. The van der Waals surface area contributed by atoms with E-state index in [2.05, 4.69) is 91.8 Å². The van der Waals surface area contributed by atoms with Gasteiger partial charge in [-0.1, -0.05) is 91.8 Å². The Kier molecular flexibility index (Phi) is 8.11. The fourth-order valence-corrected chi connectivity index (χ4v) is 5.57. The molecule has 0 fully saturated rings. The summed E-state index contributed by atoms with van der Waals surface area (Å²) in [5.41, 5.74) is 9.44. The number of hydrogen-bond acceptors (Lipinski definition) is 0. The molecule has 0 N–H and O–H groups in total. The van der Waals surface area contributed by atoms with E-state index < -0.39 is 0 Å². The Morgan fingerprint density at radius 3 is 1.00 bits per heavy atom. The molecule has 0 aromatic heterocycles. The van der Waals surface area contributed by atoms with Gasteiger partial charge in [-0.15, -0.1) is 8.58 Å². The molecule has 27 heavy (non-hydrogen) atoms. The molecule has 0 spiro atoms. The van der Waals surface area contributed by atoms with Crippen LogP contribution < -0.4 is 0 Å². The maximum atomic E-state index is 2.35. The molecule has 0 saturated heterocycles. The number of hydrogen-bond donors (Lipinski definition) is 0. The quantitative estimate of drug-likeness (QED) is 0.401. The third-order valence-corrected chi connectivity index (χ3v) is 6.80. The molecule has 0 aliphatic rings. The first-order chi connectivity index (χ1) is 12.7. The van der Waals surface area contributed by atoms with Crippen LogP contribution in [0.1, 0.15) is 112 Å². The van der Waals surface area contributed by atoms with E-state index in [-0.39, 0.29) is 0 Å². The van der Waals surface area contributed by atoms with E-state index in [4.69, 9.17) is 0 Å². The van der Waals surface area contributed by atoms with E-state index >= 15 is 0 Å². The molecular weight excluding hydrogens is 343 g/mol. The molecule has 0 aliphatic carbocycles. The predicted molar refractivity (Wildman–Crippen MR) is 125 cm³/mol. The third-order valence-electron chi connectivity index (χ3n) is 5.59. The fraction of sp³-hybridized carbons (Fsp3) is 0.538. The molecule has 2 aromatic carbocycles. The molecule has 0 aliphatic heterocycles. The zero-order chi connectivity index (χ0) is 20.1. The lowest BCUT2D eigenvalue weighted by Gasteiger charge is -2.22. The van der Waals surface area contributed by atoms with Crippen LogP contribution in [0.3, 0.4) is 0 Å². The highest BCUT2D eigenvalue weighted by Crippen LogP contribution is 2.37. The van der Waals surface area contributed by atoms with Crippen LogP contribution in [0.4, 0.5) is 0 Å². The molecule has 0 saturated carbocycles. The highest BCUT2D eigenvalue weighted by Gasteiger charge is 2.16. The first kappa shape index (κ1) is 22.2. The SMILES string of the molecule is CC(C)c1cccc(C(C)C)c1CPCc1c(C(C)C)cccc1C(C)C. The monoisotopic (exact) mass is 382 g/mol. The van der Waals surface area contributed by atoms with E-state index in [1.807, 2.05) is 0 Å². The van der Waals surface area contributed by atoms with Gasteiger partial charge in [0.15, 0.2) is 0 Å². The minimum atomic E-state index is 0.595. The summed E-state index contributed by atoms with van der Waals surface area (Å²) in [6.45, 7) is 18.6. The summed E-state index contributed by atoms with van der Waals surface area (Å²) >= 11 is 0. The Hall–Kier alpha value is -1.13. The Morgan fingerprint density at radius 2 is 0.778 bits per heavy atom. The van der Waals surface area contributed by atoms with Crippen LogP contribution in [0.25, 0.3) is 0 Å². The maximum absolute atomic E-state index is 2.35. The van der Waals surface area contributed by atoms with Gasteiger partial charge in [-0.2, -0.15) is 0 Å². The molecule has 0 nitrogen and oxygen atoms in total. The van der Waals surface area contributed by atoms with Gasteiger partial charge in [-0.3, -0.25) is 0 Å². The molecule has 148 valence electrons. The third kappa shape index (κ3) is 5.45. The largest absolute Gasteiger partial charge is 0.113 e. The van der Waals surface area contributed by atoms with Crippen molar-refractivity contribution >= 4 is 8.58 Å². The van der Waals surface area contributed by atoms with Gasteiger partial charge in [0.25, 0.3) is 0 Å². The highest BCUT2D eigenvalue weighted by atomic mass is 31.1. The second kappa shape index (κ2) is 9.88. The summed E-state index contributed by atoms with van der Waals surface area (Å²) in [5, 5.41) is 0. The van der Waals surface area contributed by atoms with Gasteiger partial charge in [0.1, 0.15) is 0 Å². The normalized spacial score (nSPS) is 12.0. The predicted octanol–water partition coefficient (Wildman–Crippen LogP) is 8.56. The van der Waals surface area contributed by atoms with Crippen molar-refractivity contribution in [3.63, 3.8) is 0 Å². The average Bonchev–Trinajstić information content (AvgIpc) is 2.61. The van der Waals surface area contributed by atoms with Gasteiger partial charge in [0.2, 0.25) is 0 Å². The van der Waals surface area contributed by atoms with Crippen molar-refractivity contribution in [1.82, 2.24) is 0 Å². The van der Waals surface area contributed by atoms with Crippen LogP contribution in [-0.2, 0) is 12.3 Å². The van der Waals surface area contributed by atoms with Crippen LogP contribution in [0.15, 0.2) is 36.4 Å². The van der Waals surface area contributed by atoms with Crippen molar-refractivity contribution in [1.29, 1.82) is 0 Å². The number of benzene rings is 2. The topological polar surface area (TPSA) is 0 Å². The molecule has 0 unspecified atom stereocenters. The zero-order valence-electron chi connectivity index (χ0n) is 18.7. The molecule has 0 amide bonds. The molecular formula is C26H39P. The van der Waals surface area contributed by atoms with Crippen LogP contribution >= 0.6 is 8.58 Å². The van der Waals surface area contributed by atoms with E-state index in [1.165, 1.54) is 12.3 Å². The maximum Gasteiger partial charge on any atom is -0.00920 e. The van der Waals surface area contributed by atoms with Gasteiger partial charge in [-0.05, 0) is 69.4 Å². The van der Waals surface area contributed by atoms with Crippen molar-refractivity contribution in [2.75, 3.05) is 0 Å². The summed E-state index contributed by atoms with van der Waals surface area (Å²) in [7, 11) is 0.944.